The van der Waals surface area contributed by atoms with Gasteiger partial charge >= 0.3 is 0 Å². The number of hydrogen-bond donors (Lipinski definition) is 1. The predicted molar refractivity (Wildman–Crippen MR) is 66.7 cm³/mol. The van der Waals surface area contributed by atoms with Gasteiger partial charge < -0.3 is 5.11 Å². The minimum absolute atomic E-state index is 0.162. The first-order valence-electron chi connectivity index (χ1n) is 5.62. The third kappa shape index (κ3) is 3.81. The number of aliphatic hydroxyl groups excluding tert-OH is 1. The van der Waals surface area contributed by atoms with E-state index >= 15 is 0 Å². The Kier molecular flexibility index (Phi) is 4.32. The van der Waals surface area contributed by atoms with Gasteiger partial charge in [0.15, 0.2) is 0 Å². The van der Waals surface area contributed by atoms with Gasteiger partial charge in [-0.3, -0.25) is 4.68 Å². The van der Waals surface area contributed by atoms with E-state index in [1.54, 1.807) is 11.6 Å². The van der Waals surface area contributed by atoms with Gasteiger partial charge in [-0.05, 0) is 27.2 Å². The molecular weight excluding hydrogens is 240 g/mol. The lowest BCUT2D eigenvalue weighted by Gasteiger charge is -2.06. The highest BCUT2D eigenvalue weighted by atomic mass is 32.2. The van der Waals surface area contributed by atoms with Crippen LogP contribution in [0.4, 0.5) is 0 Å². The smallest absolute Gasteiger partial charge is 0.147 e. The van der Waals surface area contributed by atoms with Gasteiger partial charge in [-0.15, -0.1) is 0 Å². The molecule has 0 fully saturated rings. The van der Waals surface area contributed by atoms with E-state index in [0.717, 1.165) is 17.0 Å². The van der Waals surface area contributed by atoms with Crippen LogP contribution in [-0.4, -0.2) is 35.3 Å². The Hall–Kier alpha value is -0.880. The summed E-state index contributed by atoms with van der Waals surface area (Å²) in [5.74, 6) is 0.162. The third-order valence-electron chi connectivity index (χ3n) is 2.74. The second-order valence-electron chi connectivity index (χ2n) is 4.47. The molecule has 5 nitrogen and oxygen atoms in total. The fourth-order valence-electron chi connectivity index (χ4n) is 2.01. The average molecular weight is 260 g/mol. The van der Waals surface area contributed by atoms with Crippen LogP contribution >= 0.6 is 0 Å². The van der Waals surface area contributed by atoms with E-state index in [1.165, 1.54) is 6.26 Å². The summed E-state index contributed by atoms with van der Waals surface area (Å²) in [6.07, 6.45) is 1.23. The van der Waals surface area contributed by atoms with E-state index in [1.807, 2.05) is 13.8 Å². The maximum Gasteiger partial charge on any atom is 0.147 e. The molecule has 0 radical (unpaired) electrons. The van der Waals surface area contributed by atoms with Gasteiger partial charge in [-0.1, -0.05) is 0 Å². The molecule has 1 N–H and O–H groups in total. The largest absolute Gasteiger partial charge is 0.389 e. The van der Waals surface area contributed by atoms with Crippen molar-refractivity contribution in [1.29, 1.82) is 0 Å². The third-order valence-corrected chi connectivity index (χ3v) is 3.77. The highest BCUT2D eigenvalue weighted by Gasteiger charge is 2.15. The zero-order valence-corrected chi connectivity index (χ0v) is 11.6. The zero-order chi connectivity index (χ0) is 13.2. The normalized spacial score (nSPS) is 13.9. The molecule has 1 aromatic rings. The summed E-state index contributed by atoms with van der Waals surface area (Å²) in [5.41, 5.74) is 2.55. The Bertz CT molecular complexity index is 489. The van der Waals surface area contributed by atoms with Gasteiger partial charge in [-0.25, -0.2) is 8.42 Å². The molecule has 17 heavy (non-hydrogen) atoms. The predicted octanol–water partition coefficient (Wildman–Crippen LogP) is 0.988. The van der Waals surface area contributed by atoms with Crippen LogP contribution < -0.4 is 0 Å². The van der Waals surface area contributed by atoms with E-state index in [2.05, 4.69) is 5.10 Å². The SMILES string of the molecule is Cc1nn(CCCS(C)(=O)=O)c(C)c1C(C)O. The molecule has 0 saturated carbocycles. The van der Waals surface area contributed by atoms with Gasteiger partial charge in [0.2, 0.25) is 0 Å². The summed E-state index contributed by atoms with van der Waals surface area (Å²) >= 11 is 0. The second kappa shape index (κ2) is 5.18. The van der Waals surface area contributed by atoms with Gasteiger partial charge in [0.25, 0.3) is 0 Å². The van der Waals surface area contributed by atoms with E-state index in [4.69, 9.17) is 0 Å². The van der Waals surface area contributed by atoms with Crippen LogP contribution in [0.3, 0.4) is 0 Å². The molecule has 0 aliphatic carbocycles. The van der Waals surface area contributed by atoms with Crippen molar-refractivity contribution < 1.29 is 13.5 Å². The lowest BCUT2D eigenvalue weighted by atomic mass is 10.1. The Morgan fingerprint density at radius 2 is 2.00 bits per heavy atom. The van der Waals surface area contributed by atoms with Crippen molar-refractivity contribution in [3.63, 3.8) is 0 Å². The highest BCUT2D eigenvalue weighted by Crippen LogP contribution is 2.21. The van der Waals surface area contributed by atoms with E-state index in [9.17, 15) is 13.5 Å². The Labute approximate surface area is 102 Å². The average Bonchev–Trinajstić information content (AvgIpc) is 2.39. The first-order chi connectivity index (χ1) is 7.72. The number of nitrogens with zero attached hydrogens (tertiary/aromatic N) is 2. The molecule has 0 aliphatic rings. The molecule has 0 bridgehead atoms. The molecule has 1 atom stereocenters. The van der Waals surface area contributed by atoms with Crippen molar-refractivity contribution in [2.24, 2.45) is 0 Å². The summed E-state index contributed by atoms with van der Waals surface area (Å²) in [7, 11) is -2.92. The van der Waals surface area contributed by atoms with E-state index in [-0.39, 0.29) is 5.75 Å². The van der Waals surface area contributed by atoms with Crippen molar-refractivity contribution in [2.75, 3.05) is 12.0 Å². The molecule has 98 valence electrons. The highest BCUT2D eigenvalue weighted by molar-refractivity contribution is 7.90. The van der Waals surface area contributed by atoms with Crippen molar-refractivity contribution in [1.82, 2.24) is 9.78 Å². The van der Waals surface area contributed by atoms with Gasteiger partial charge in [0.1, 0.15) is 9.84 Å². The number of sulfone groups is 1. The number of hydrogen-bond acceptors (Lipinski definition) is 4. The molecule has 1 heterocycles. The molecular formula is C11H20N2O3S. The molecule has 0 saturated heterocycles. The molecule has 1 unspecified atom stereocenters. The summed E-state index contributed by atoms with van der Waals surface area (Å²) in [4.78, 5) is 0. The molecule has 1 aromatic heterocycles. The minimum atomic E-state index is -2.92. The van der Waals surface area contributed by atoms with E-state index < -0.39 is 15.9 Å². The standard InChI is InChI=1S/C11H20N2O3S/c1-8-11(10(3)14)9(2)13(12-8)6-5-7-17(4,15)16/h10,14H,5-7H2,1-4H3. The summed E-state index contributed by atoms with van der Waals surface area (Å²) in [6, 6.07) is 0. The second-order valence-corrected chi connectivity index (χ2v) is 6.73. The molecule has 6 heteroatoms. The van der Waals surface area contributed by atoms with Crippen molar-refractivity contribution in [3.05, 3.63) is 17.0 Å². The van der Waals surface area contributed by atoms with E-state index in [0.29, 0.717) is 13.0 Å². The lowest BCUT2D eigenvalue weighted by molar-refractivity contribution is 0.197. The Balaban J connectivity index is 2.77. The number of aromatic nitrogens is 2. The molecule has 0 aromatic carbocycles. The van der Waals surface area contributed by atoms with Gasteiger partial charge in [0, 0.05) is 24.1 Å². The van der Waals surface area contributed by atoms with Crippen LogP contribution in [-0.2, 0) is 16.4 Å². The molecule has 1 rings (SSSR count). The maximum atomic E-state index is 11.0. The summed E-state index contributed by atoms with van der Waals surface area (Å²) in [5, 5.41) is 13.9. The lowest BCUT2D eigenvalue weighted by Crippen LogP contribution is -2.09. The van der Waals surface area contributed by atoms with Crippen molar-refractivity contribution in [3.8, 4) is 0 Å². The Morgan fingerprint density at radius 3 is 2.41 bits per heavy atom. The van der Waals surface area contributed by atoms with Crippen LogP contribution in [0.2, 0.25) is 0 Å². The molecule has 0 amide bonds. The minimum Gasteiger partial charge on any atom is -0.389 e. The fourth-order valence-corrected chi connectivity index (χ4v) is 2.66. The number of aryl methyl sites for hydroxylation is 2. The Morgan fingerprint density at radius 1 is 1.41 bits per heavy atom. The van der Waals surface area contributed by atoms with Gasteiger partial charge in [0.05, 0.1) is 17.6 Å². The number of aliphatic hydroxyl groups is 1. The maximum absolute atomic E-state index is 11.0. The summed E-state index contributed by atoms with van der Waals surface area (Å²) in [6.45, 7) is 6.01. The molecule has 0 aliphatic heterocycles. The first-order valence-corrected chi connectivity index (χ1v) is 7.68. The number of rotatable bonds is 5. The molecule has 0 spiro atoms. The first kappa shape index (κ1) is 14.2. The van der Waals surface area contributed by atoms with Crippen LogP contribution in [0.25, 0.3) is 0 Å². The quantitative estimate of drug-likeness (QED) is 0.857. The van der Waals surface area contributed by atoms with Crippen LogP contribution in [0.1, 0.15) is 36.4 Å². The summed E-state index contributed by atoms with van der Waals surface area (Å²) < 4.78 is 23.8. The fraction of sp³-hybridized carbons (Fsp3) is 0.727. The van der Waals surface area contributed by atoms with Crippen LogP contribution in [0.5, 0.6) is 0 Å². The van der Waals surface area contributed by atoms with Gasteiger partial charge in [-0.2, -0.15) is 5.10 Å². The van der Waals surface area contributed by atoms with Crippen molar-refractivity contribution in [2.45, 2.75) is 39.8 Å². The van der Waals surface area contributed by atoms with Crippen LogP contribution in [0.15, 0.2) is 0 Å². The monoisotopic (exact) mass is 260 g/mol. The van der Waals surface area contributed by atoms with Crippen molar-refractivity contribution >= 4 is 9.84 Å². The topological polar surface area (TPSA) is 72.2 Å². The zero-order valence-electron chi connectivity index (χ0n) is 10.8. The van der Waals surface area contributed by atoms with Crippen LogP contribution in [0, 0.1) is 13.8 Å².